The molecular weight excluding hydrogens is 382 g/mol. The van der Waals surface area contributed by atoms with Crippen molar-refractivity contribution >= 4 is 16.8 Å². The van der Waals surface area contributed by atoms with Crippen LogP contribution in [0.2, 0.25) is 0 Å². The van der Waals surface area contributed by atoms with Crippen molar-refractivity contribution in [2.75, 3.05) is 0 Å². The van der Waals surface area contributed by atoms with Gasteiger partial charge in [0.2, 0.25) is 5.91 Å². The molecule has 0 radical (unpaired) electrons. The smallest absolute Gasteiger partial charge is 0.329 e. The van der Waals surface area contributed by atoms with E-state index >= 15 is 0 Å². The van der Waals surface area contributed by atoms with E-state index in [1.807, 2.05) is 0 Å². The third-order valence-electron chi connectivity index (χ3n) is 4.15. The number of carbonyl (C=O) groups is 1. The summed E-state index contributed by atoms with van der Waals surface area (Å²) in [5.41, 5.74) is -2.42. The zero-order valence-corrected chi connectivity index (χ0v) is 14.4. The van der Waals surface area contributed by atoms with Gasteiger partial charge in [0.1, 0.15) is 23.6 Å². The largest absolute Gasteiger partial charge is 0.348 e. The first-order valence-corrected chi connectivity index (χ1v) is 8.04. The van der Waals surface area contributed by atoms with Crippen LogP contribution in [0, 0.1) is 23.3 Å². The molecule has 0 aliphatic heterocycles. The van der Waals surface area contributed by atoms with E-state index in [1.165, 1.54) is 6.92 Å². The normalized spacial score (nSPS) is 12.2. The molecule has 0 bridgehead atoms. The lowest BCUT2D eigenvalue weighted by atomic mass is 10.1. The van der Waals surface area contributed by atoms with Gasteiger partial charge in [-0.05, 0) is 25.1 Å². The SMILES string of the molecule is C[C@H](NC(=O)Cn1c(=O)[nH]c2ccc(F)c(F)c2c1=O)c1ccc(F)cc1F. The van der Waals surface area contributed by atoms with Crippen LogP contribution in [-0.2, 0) is 11.3 Å². The maximum absolute atomic E-state index is 13.9. The van der Waals surface area contributed by atoms with E-state index in [1.54, 1.807) is 0 Å². The second-order valence-corrected chi connectivity index (χ2v) is 6.06. The fourth-order valence-corrected chi connectivity index (χ4v) is 2.78. The summed E-state index contributed by atoms with van der Waals surface area (Å²) >= 11 is 0. The molecule has 28 heavy (non-hydrogen) atoms. The van der Waals surface area contributed by atoms with Crippen molar-refractivity contribution in [1.82, 2.24) is 14.9 Å². The van der Waals surface area contributed by atoms with E-state index in [9.17, 15) is 31.9 Å². The van der Waals surface area contributed by atoms with Gasteiger partial charge in [0, 0.05) is 11.6 Å². The fraction of sp³-hybridized carbons (Fsp3) is 0.167. The van der Waals surface area contributed by atoms with Gasteiger partial charge in [-0.1, -0.05) is 6.07 Å². The van der Waals surface area contributed by atoms with Crippen molar-refractivity contribution in [3.05, 3.63) is 80.0 Å². The van der Waals surface area contributed by atoms with Gasteiger partial charge in [0.05, 0.1) is 11.6 Å². The van der Waals surface area contributed by atoms with Crippen molar-refractivity contribution in [2.45, 2.75) is 19.5 Å². The van der Waals surface area contributed by atoms with Crippen molar-refractivity contribution in [2.24, 2.45) is 0 Å². The number of hydrogen-bond donors (Lipinski definition) is 2. The van der Waals surface area contributed by atoms with E-state index in [2.05, 4.69) is 10.3 Å². The summed E-state index contributed by atoms with van der Waals surface area (Å²) in [6.07, 6.45) is 0. The summed E-state index contributed by atoms with van der Waals surface area (Å²) in [7, 11) is 0. The molecule has 146 valence electrons. The number of fused-ring (bicyclic) bond motifs is 1. The zero-order chi connectivity index (χ0) is 20.6. The highest BCUT2D eigenvalue weighted by atomic mass is 19.2. The maximum atomic E-state index is 13.9. The number of benzene rings is 2. The molecule has 1 atom stereocenters. The molecular formula is C18H13F4N3O3. The molecule has 10 heteroatoms. The summed E-state index contributed by atoms with van der Waals surface area (Å²) in [5.74, 6) is -5.27. The molecule has 0 fully saturated rings. The fourth-order valence-electron chi connectivity index (χ4n) is 2.78. The Morgan fingerprint density at radius 1 is 1.11 bits per heavy atom. The number of rotatable bonds is 4. The molecule has 0 aliphatic rings. The average molecular weight is 395 g/mol. The zero-order valence-electron chi connectivity index (χ0n) is 14.4. The molecule has 3 rings (SSSR count). The monoisotopic (exact) mass is 395 g/mol. The number of amides is 1. The molecule has 6 nitrogen and oxygen atoms in total. The number of nitrogens with one attached hydrogen (secondary N) is 2. The first-order chi connectivity index (χ1) is 13.2. The lowest BCUT2D eigenvalue weighted by molar-refractivity contribution is -0.122. The van der Waals surface area contributed by atoms with Gasteiger partial charge in [-0.3, -0.25) is 14.2 Å². The minimum atomic E-state index is -1.45. The summed E-state index contributed by atoms with van der Waals surface area (Å²) in [4.78, 5) is 38.8. The molecule has 2 aromatic carbocycles. The van der Waals surface area contributed by atoms with Crippen molar-refractivity contribution in [3.63, 3.8) is 0 Å². The highest BCUT2D eigenvalue weighted by Gasteiger charge is 2.19. The number of H-pyrrole nitrogens is 1. The highest BCUT2D eigenvalue weighted by molar-refractivity contribution is 5.79. The van der Waals surface area contributed by atoms with Crippen molar-refractivity contribution in [1.29, 1.82) is 0 Å². The average Bonchev–Trinajstić information content (AvgIpc) is 2.61. The van der Waals surface area contributed by atoms with Gasteiger partial charge in [-0.15, -0.1) is 0 Å². The molecule has 0 saturated carbocycles. The minimum absolute atomic E-state index is 0.0115. The molecule has 1 aromatic heterocycles. The molecule has 1 amide bonds. The third kappa shape index (κ3) is 3.53. The van der Waals surface area contributed by atoms with Crippen LogP contribution in [0.5, 0.6) is 0 Å². The quantitative estimate of drug-likeness (QED) is 0.664. The van der Waals surface area contributed by atoms with E-state index in [0.717, 1.165) is 24.3 Å². The molecule has 0 unspecified atom stereocenters. The molecule has 0 spiro atoms. The lowest BCUT2D eigenvalue weighted by Gasteiger charge is -2.15. The third-order valence-corrected chi connectivity index (χ3v) is 4.15. The van der Waals surface area contributed by atoms with E-state index in [4.69, 9.17) is 0 Å². The van der Waals surface area contributed by atoms with Gasteiger partial charge in [-0.2, -0.15) is 0 Å². The van der Waals surface area contributed by atoms with Crippen LogP contribution in [0.15, 0.2) is 39.9 Å². The van der Waals surface area contributed by atoms with E-state index < -0.39 is 58.4 Å². The Labute approximate surface area is 154 Å². The van der Waals surface area contributed by atoms with Crippen LogP contribution in [-0.4, -0.2) is 15.5 Å². The summed E-state index contributed by atoms with van der Waals surface area (Å²) in [6, 6.07) is 3.68. The predicted molar refractivity (Wildman–Crippen MR) is 91.7 cm³/mol. The van der Waals surface area contributed by atoms with Gasteiger partial charge >= 0.3 is 5.69 Å². The van der Waals surface area contributed by atoms with Gasteiger partial charge in [0.25, 0.3) is 5.56 Å². The highest BCUT2D eigenvalue weighted by Crippen LogP contribution is 2.18. The molecule has 2 N–H and O–H groups in total. The second kappa shape index (κ2) is 7.29. The van der Waals surface area contributed by atoms with Crippen molar-refractivity contribution < 1.29 is 22.4 Å². The second-order valence-electron chi connectivity index (χ2n) is 6.06. The Bertz CT molecular complexity index is 1200. The maximum Gasteiger partial charge on any atom is 0.329 e. The minimum Gasteiger partial charge on any atom is -0.348 e. The number of halogens is 4. The van der Waals surface area contributed by atoms with Crippen LogP contribution >= 0.6 is 0 Å². The Morgan fingerprint density at radius 2 is 1.82 bits per heavy atom. The number of nitrogens with zero attached hydrogens (tertiary/aromatic N) is 1. The number of hydrogen-bond acceptors (Lipinski definition) is 3. The molecule has 0 saturated heterocycles. The van der Waals surface area contributed by atoms with Gasteiger partial charge in [0.15, 0.2) is 11.6 Å². The van der Waals surface area contributed by atoms with Crippen molar-refractivity contribution in [3.8, 4) is 0 Å². The number of aromatic nitrogens is 2. The van der Waals surface area contributed by atoms with Gasteiger partial charge in [-0.25, -0.2) is 22.4 Å². The lowest BCUT2D eigenvalue weighted by Crippen LogP contribution is -2.41. The topological polar surface area (TPSA) is 84.0 Å². The van der Waals surface area contributed by atoms with Crippen LogP contribution in [0.4, 0.5) is 17.6 Å². The summed E-state index contributed by atoms with van der Waals surface area (Å²) in [5, 5.41) is 1.65. The molecule has 3 aromatic rings. The number of carbonyl (C=O) groups excluding carboxylic acids is 1. The Morgan fingerprint density at radius 3 is 2.50 bits per heavy atom. The molecule has 0 aliphatic carbocycles. The summed E-state index contributed by atoms with van der Waals surface area (Å²) in [6.45, 7) is 0.601. The Kier molecular flexibility index (Phi) is 5.04. The van der Waals surface area contributed by atoms with E-state index in [0.29, 0.717) is 10.6 Å². The molecule has 1 heterocycles. The Hall–Kier alpha value is -3.43. The van der Waals surface area contributed by atoms with Crippen LogP contribution < -0.4 is 16.6 Å². The summed E-state index contributed by atoms with van der Waals surface area (Å²) < 4.78 is 54.5. The van der Waals surface area contributed by atoms with Crippen LogP contribution in [0.25, 0.3) is 10.9 Å². The van der Waals surface area contributed by atoms with Crippen LogP contribution in [0.1, 0.15) is 18.5 Å². The first kappa shape index (κ1) is 19.3. The van der Waals surface area contributed by atoms with Gasteiger partial charge < -0.3 is 10.3 Å². The number of aromatic amines is 1. The Balaban J connectivity index is 1.90. The predicted octanol–water partition coefficient (Wildman–Crippen LogP) is 2.12. The van der Waals surface area contributed by atoms with Crippen LogP contribution in [0.3, 0.4) is 0 Å². The van der Waals surface area contributed by atoms with E-state index in [-0.39, 0.29) is 11.1 Å². The standard InChI is InChI=1S/C18H13F4N3O3/c1-8(10-3-2-9(19)6-12(10)21)23-14(26)7-25-17(27)15-13(24-18(25)28)5-4-11(20)16(15)22/h2-6,8H,7H2,1H3,(H,23,26)(H,24,28)/t8-/m0/s1. The first-order valence-electron chi connectivity index (χ1n) is 8.04.